The maximum Gasteiger partial charge on any atom is 0.108 e. The first-order chi connectivity index (χ1) is 2.81. The van der Waals surface area contributed by atoms with Crippen LogP contribution in [0.5, 0.6) is 0 Å². The Kier molecular flexibility index (Phi) is 2.71. The van der Waals surface area contributed by atoms with E-state index in [4.69, 9.17) is 5.26 Å². The van der Waals surface area contributed by atoms with E-state index in [9.17, 15) is 0 Å². The van der Waals surface area contributed by atoms with Crippen LogP contribution in [0.15, 0.2) is 12.7 Å². The lowest BCUT2D eigenvalue weighted by molar-refractivity contribution is -0.261. The molecule has 0 saturated carbocycles. The predicted molar refractivity (Wildman–Crippen MR) is 23.4 cm³/mol. The average molecular weight is 88.1 g/mol. The van der Waals surface area contributed by atoms with Gasteiger partial charge in [0.2, 0.25) is 0 Å². The van der Waals surface area contributed by atoms with Gasteiger partial charge in [0.15, 0.2) is 0 Å². The van der Waals surface area contributed by atoms with Gasteiger partial charge in [0.25, 0.3) is 0 Å². The van der Waals surface area contributed by atoms with E-state index in [0.29, 0.717) is 0 Å². The Hall–Kier alpha value is -0.340. The minimum absolute atomic E-state index is 0.245. The van der Waals surface area contributed by atoms with Gasteiger partial charge in [0, 0.05) is 0 Å². The van der Waals surface area contributed by atoms with Gasteiger partial charge in [-0.25, -0.2) is 4.89 Å². The fraction of sp³-hybridized carbons (Fsp3) is 0.500. The van der Waals surface area contributed by atoms with Crippen molar-refractivity contribution in [2.24, 2.45) is 0 Å². The van der Waals surface area contributed by atoms with Crippen LogP contribution in [-0.4, -0.2) is 11.4 Å². The molecule has 0 aromatic heterocycles. The lowest BCUT2D eigenvalue weighted by atomic mass is 10.4. The van der Waals surface area contributed by atoms with Gasteiger partial charge in [-0.15, -0.1) is 6.58 Å². The molecule has 0 bridgehead atoms. The van der Waals surface area contributed by atoms with Gasteiger partial charge in [0.05, 0.1) is 0 Å². The topological polar surface area (TPSA) is 29.5 Å². The Morgan fingerprint density at radius 2 is 2.50 bits per heavy atom. The van der Waals surface area contributed by atoms with Crippen molar-refractivity contribution in [3.8, 4) is 0 Å². The molecule has 1 atom stereocenters. The normalized spacial score (nSPS) is 13.7. The van der Waals surface area contributed by atoms with Crippen molar-refractivity contribution in [1.29, 1.82) is 0 Å². The number of hydrogen-bond donors (Lipinski definition) is 1. The van der Waals surface area contributed by atoms with Crippen molar-refractivity contribution in [2.75, 3.05) is 0 Å². The summed E-state index contributed by atoms with van der Waals surface area (Å²) in [5.74, 6) is 0. The van der Waals surface area contributed by atoms with Crippen molar-refractivity contribution >= 4 is 0 Å². The largest absolute Gasteiger partial charge is 0.251 e. The Balaban J connectivity index is 2.96. The van der Waals surface area contributed by atoms with E-state index >= 15 is 0 Å². The third kappa shape index (κ3) is 1.93. The molecule has 1 N–H and O–H groups in total. The molecule has 0 amide bonds. The third-order valence-corrected chi connectivity index (χ3v) is 0.498. The minimum atomic E-state index is -0.245. The summed E-state index contributed by atoms with van der Waals surface area (Å²) in [4.78, 5) is 3.78. The second-order valence-corrected chi connectivity index (χ2v) is 1.05. The van der Waals surface area contributed by atoms with Crippen LogP contribution in [0.2, 0.25) is 0 Å². The van der Waals surface area contributed by atoms with E-state index in [-0.39, 0.29) is 6.10 Å². The molecule has 6 heavy (non-hydrogen) atoms. The molecule has 0 aliphatic rings. The molecule has 0 saturated heterocycles. The molecule has 2 heteroatoms. The Bertz CT molecular complexity index is 42.8. The molecular weight excluding hydrogens is 80.0 g/mol. The number of hydrogen-bond acceptors (Lipinski definition) is 2. The maximum atomic E-state index is 7.76. The summed E-state index contributed by atoms with van der Waals surface area (Å²) in [6, 6.07) is 0. The van der Waals surface area contributed by atoms with Crippen molar-refractivity contribution in [1.82, 2.24) is 0 Å². The second kappa shape index (κ2) is 2.87. The predicted octanol–water partition coefficient (Wildman–Crippen LogP) is 1.05. The van der Waals surface area contributed by atoms with Gasteiger partial charge in [-0.3, -0.25) is 5.26 Å². The van der Waals surface area contributed by atoms with E-state index in [1.54, 1.807) is 6.92 Å². The minimum Gasteiger partial charge on any atom is -0.251 e. The Morgan fingerprint density at radius 3 is 2.50 bits per heavy atom. The highest BCUT2D eigenvalue weighted by Crippen LogP contribution is 1.83. The zero-order valence-corrected chi connectivity index (χ0v) is 3.72. The monoisotopic (exact) mass is 88.1 g/mol. The Labute approximate surface area is 37.0 Å². The summed E-state index contributed by atoms with van der Waals surface area (Å²) in [6.45, 7) is 5.03. The maximum absolute atomic E-state index is 7.76. The second-order valence-electron chi connectivity index (χ2n) is 1.05. The van der Waals surface area contributed by atoms with E-state index in [1.165, 1.54) is 6.08 Å². The van der Waals surface area contributed by atoms with Crippen LogP contribution in [0.3, 0.4) is 0 Å². The fourth-order valence-corrected chi connectivity index (χ4v) is 0.0430. The molecule has 0 aliphatic carbocycles. The van der Waals surface area contributed by atoms with E-state index in [0.717, 1.165) is 0 Å². The molecule has 0 rings (SSSR count). The molecule has 0 unspecified atom stereocenters. The zero-order valence-electron chi connectivity index (χ0n) is 3.72. The highest BCUT2D eigenvalue weighted by Gasteiger charge is 1.86. The molecule has 0 heterocycles. The summed E-state index contributed by atoms with van der Waals surface area (Å²) in [5.41, 5.74) is 0. The van der Waals surface area contributed by atoms with Crippen LogP contribution < -0.4 is 0 Å². The summed E-state index contributed by atoms with van der Waals surface area (Å²) in [7, 11) is 0. The summed E-state index contributed by atoms with van der Waals surface area (Å²) < 4.78 is 0. The molecule has 0 aromatic carbocycles. The first kappa shape index (κ1) is 5.66. The smallest absolute Gasteiger partial charge is 0.108 e. The molecule has 0 aliphatic heterocycles. The number of rotatable bonds is 2. The quantitative estimate of drug-likeness (QED) is 0.310. The van der Waals surface area contributed by atoms with Crippen molar-refractivity contribution in [2.45, 2.75) is 13.0 Å². The first-order valence-electron chi connectivity index (χ1n) is 1.74. The van der Waals surface area contributed by atoms with Crippen LogP contribution in [-0.2, 0) is 4.89 Å². The van der Waals surface area contributed by atoms with Gasteiger partial charge >= 0.3 is 0 Å². The van der Waals surface area contributed by atoms with Crippen LogP contribution in [0.1, 0.15) is 6.92 Å². The lowest BCUT2D eigenvalue weighted by Crippen LogP contribution is -1.97. The highest BCUT2D eigenvalue weighted by molar-refractivity contribution is 4.73. The molecule has 0 spiro atoms. The van der Waals surface area contributed by atoms with E-state index in [1.807, 2.05) is 0 Å². The van der Waals surface area contributed by atoms with Gasteiger partial charge in [-0.2, -0.15) is 0 Å². The molecule has 0 aromatic rings. The van der Waals surface area contributed by atoms with Gasteiger partial charge < -0.3 is 0 Å². The Morgan fingerprint density at radius 1 is 2.00 bits per heavy atom. The molecule has 0 radical (unpaired) electrons. The van der Waals surface area contributed by atoms with Gasteiger partial charge in [0.1, 0.15) is 6.10 Å². The lowest BCUT2D eigenvalue weighted by Gasteiger charge is -1.94. The standard InChI is InChI=1S/C4H8O2/c1-3-4(2)6-5/h3-5H,1H2,2H3/t4-/m0/s1. The molecule has 36 valence electrons. The molecule has 2 nitrogen and oxygen atoms in total. The van der Waals surface area contributed by atoms with Crippen LogP contribution in [0.25, 0.3) is 0 Å². The summed E-state index contributed by atoms with van der Waals surface area (Å²) in [6.07, 6.45) is 1.25. The average Bonchev–Trinajstić information content (AvgIpc) is 1.65. The van der Waals surface area contributed by atoms with Crippen LogP contribution >= 0.6 is 0 Å². The van der Waals surface area contributed by atoms with E-state index < -0.39 is 0 Å². The summed E-state index contributed by atoms with van der Waals surface area (Å²) in [5, 5.41) is 7.76. The molecular formula is C4H8O2. The zero-order chi connectivity index (χ0) is 4.99. The third-order valence-electron chi connectivity index (χ3n) is 0.498. The van der Waals surface area contributed by atoms with Crippen molar-refractivity contribution in [3.05, 3.63) is 12.7 Å². The van der Waals surface area contributed by atoms with Crippen molar-refractivity contribution in [3.63, 3.8) is 0 Å². The highest BCUT2D eigenvalue weighted by atomic mass is 17.1. The molecule has 0 fully saturated rings. The van der Waals surface area contributed by atoms with Crippen molar-refractivity contribution < 1.29 is 10.1 Å². The first-order valence-corrected chi connectivity index (χ1v) is 1.74. The fourth-order valence-electron chi connectivity index (χ4n) is 0.0430. The SMILES string of the molecule is C=C[C@H](C)OO. The van der Waals surface area contributed by atoms with E-state index in [2.05, 4.69) is 11.5 Å². The van der Waals surface area contributed by atoms with Crippen LogP contribution in [0.4, 0.5) is 0 Å². The van der Waals surface area contributed by atoms with Crippen LogP contribution in [0, 0.1) is 0 Å². The van der Waals surface area contributed by atoms with Gasteiger partial charge in [-0.05, 0) is 6.92 Å². The van der Waals surface area contributed by atoms with Gasteiger partial charge in [-0.1, -0.05) is 6.08 Å². The summed E-state index contributed by atoms with van der Waals surface area (Å²) >= 11 is 0.